The number of hydrogen-bond donors (Lipinski definition) is 2. The van der Waals surface area contributed by atoms with E-state index in [1.807, 2.05) is 6.92 Å². The Morgan fingerprint density at radius 3 is 2.80 bits per heavy atom. The third-order valence-electron chi connectivity index (χ3n) is 1.75. The van der Waals surface area contributed by atoms with E-state index in [1.165, 1.54) is 0 Å². The molecule has 0 aliphatic carbocycles. The van der Waals surface area contributed by atoms with E-state index in [1.54, 1.807) is 0 Å². The van der Waals surface area contributed by atoms with Crippen molar-refractivity contribution in [1.82, 2.24) is 15.2 Å². The molecule has 1 unspecified atom stereocenters. The maximum atomic E-state index is 9.47. The number of aliphatic hydroxyl groups is 1. The van der Waals surface area contributed by atoms with Crippen LogP contribution in [0.4, 0.5) is 5.82 Å². The predicted octanol–water partition coefficient (Wildman–Crippen LogP) is 1.75. The van der Waals surface area contributed by atoms with E-state index in [-0.39, 0.29) is 10.4 Å². The Morgan fingerprint density at radius 1 is 1.40 bits per heavy atom. The summed E-state index contributed by atoms with van der Waals surface area (Å²) in [4.78, 5) is 3.84. The highest BCUT2D eigenvalue weighted by atomic mass is 35.5. The van der Waals surface area contributed by atoms with Crippen molar-refractivity contribution in [3.05, 3.63) is 10.4 Å². The molecule has 0 aliphatic rings. The van der Waals surface area contributed by atoms with Gasteiger partial charge in [-0.05, 0) is 18.0 Å². The van der Waals surface area contributed by atoms with Crippen LogP contribution in [0, 0.1) is 0 Å². The highest BCUT2D eigenvalue weighted by Gasteiger charge is 2.08. The lowest BCUT2D eigenvalue weighted by atomic mass is 10.2. The lowest BCUT2D eigenvalue weighted by Crippen LogP contribution is -2.20. The Morgan fingerprint density at radius 2 is 2.13 bits per heavy atom. The summed E-state index contributed by atoms with van der Waals surface area (Å²) >= 11 is 11.3. The normalized spacial score (nSPS) is 12.5. The van der Waals surface area contributed by atoms with Gasteiger partial charge in [0.05, 0.1) is 6.10 Å². The molecule has 0 bridgehead atoms. The van der Waals surface area contributed by atoms with Crippen LogP contribution in [0.1, 0.15) is 19.8 Å². The van der Waals surface area contributed by atoms with Gasteiger partial charge in [-0.3, -0.25) is 0 Å². The minimum Gasteiger partial charge on any atom is -0.391 e. The first kappa shape index (κ1) is 12.4. The minimum absolute atomic E-state index is 0.0203. The van der Waals surface area contributed by atoms with Crippen LogP contribution in [0.5, 0.6) is 0 Å². The van der Waals surface area contributed by atoms with Gasteiger partial charge in [-0.1, -0.05) is 24.9 Å². The standard InChI is InChI=1S/C8H12Cl2N4O/c1-2-3-5(15)4-11-7-6(9)13-14-8(10)12-7/h5,15H,2-4H2,1H3,(H,11,12,14). The van der Waals surface area contributed by atoms with Gasteiger partial charge in [0.25, 0.3) is 0 Å². The average molecular weight is 251 g/mol. The van der Waals surface area contributed by atoms with Crippen LogP contribution in [0.25, 0.3) is 0 Å². The van der Waals surface area contributed by atoms with Crippen molar-refractivity contribution in [3.63, 3.8) is 0 Å². The minimum atomic E-state index is -0.431. The van der Waals surface area contributed by atoms with Gasteiger partial charge in [-0.25, -0.2) is 0 Å². The van der Waals surface area contributed by atoms with E-state index in [2.05, 4.69) is 20.5 Å². The van der Waals surface area contributed by atoms with E-state index in [0.717, 1.165) is 12.8 Å². The molecule has 15 heavy (non-hydrogen) atoms. The highest BCUT2D eigenvalue weighted by Crippen LogP contribution is 2.16. The van der Waals surface area contributed by atoms with Gasteiger partial charge < -0.3 is 10.4 Å². The molecule has 0 aromatic carbocycles. The van der Waals surface area contributed by atoms with Gasteiger partial charge in [0.2, 0.25) is 5.28 Å². The monoisotopic (exact) mass is 250 g/mol. The Labute approximate surface area is 97.8 Å². The summed E-state index contributed by atoms with van der Waals surface area (Å²) in [5.74, 6) is 0.340. The summed E-state index contributed by atoms with van der Waals surface area (Å²) in [7, 11) is 0. The van der Waals surface area contributed by atoms with Gasteiger partial charge in [-0.15, -0.1) is 10.2 Å². The van der Waals surface area contributed by atoms with Crippen LogP contribution in [-0.4, -0.2) is 32.9 Å². The van der Waals surface area contributed by atoms with Crippen molar-refractivity contribution in [2.75, 3.05) is 11.9 Å². The molecule has 0 spiro atoms. The molecular weight excluding hydrogens is 239 g/mol. The van der Waals surface area contributed by atoms with Crippen molar-refractivity contribution in [1.29, 1.82) is 0 Å². The van der Waals surface area contributed by atoms with E-state index in [9.17, 15) is 5.11 Å². The summed E-state index contributed by atoms with van der Waals surface area (Å²) in [6.07, 6.45) is 1.20. The Balaban J connectivity index is 2.53. The van der Waals surface area contributed by atoms with Gasteiger partial charge >= 0.3 is 0 Å². The first-order valence-electron chi connectivity index (χ1n) is 4.61. The van der Waals surface area contributed by atoms with Crippen LogP contribution < -0.4 is 5.32 Å². The average Bonchev–Trinajstić information content (AvgIpc) is 2.20. The maximum absolute atomic E-state index is 9.47. The van der Waals surface area contributed by atoms with E-state index in [0.29, 0.717) is 12.4 Å². The van der Waals surface area contributed by atoms with E-state index in [4.69, 9.17) is 23.2 Å². The molecule has 0 fully saturated rings. The molecule has 0 aliphatic heterocycles. The van der Waals surface area contributed by atoms with Crippen LogP contribution in [0.2, 0.25) is 10.4 Å². The molecule has 5 nitrogen and oxygen atoms in total. The third kappa shape index (κ3) is 4.15. The van der Waals surface area contributed by atoms with Crippen molar-refractivity contribution < 1.29 is 5.11 Å². The van der Waals surface area contributed by atoms with Gasteiger partial charge in [0.1, 0.15) is 0 Å². The molecule has 1 rings (SSSR count). The van der Waals surface area contributed by atoms with Crippen molar-refractivity contribution in [2.45, 2.75) is 25.9 Å². The zero-order valence-electron chi connectivity index (χ0n) is 8.24. The van der Waals surface area contributed by atoms with Crippen LogP contribution in [-0.2, 0) is 0 Å². The van der Waals surface area contributed by atoms with Crippen LogP contribution in [0.3, 0.4) is 0 Å². The number of halogens is 2. The summed E-state index contributed by atoms with van der Waals surface area (Å²) in [6.45, 7) is 2.36. The van der Waals surface area contributed by atoms with Gasteiger partial charge in [0, 0.05) is 6.54 Å². The smallest absolute Gasteiger partial charge is 0.245 e. The highest BCUT2D eigenvalue weighted by molar-refractivity contribution is 6.32. The van der Waals surface area contributed by atoms with Gasteiger partial charge in [-0.2, -0.15) is 4.98 Å². The lowest BCUT2D eigenvalue weighted by Gasteiger charge is -2.11. The van der Waals surface area contributed by atoms with Crippen molar-refractivity contribution >= 4 is 29.0 Å². The fourth-order valence-electron chi connectivity index (χ4n) is 1.06. The van der Waals surface area contributed by atoms with Gasteiger partial charge in [0.15, 0.2) is 11.0 Å². The molecular formula is C8H12Cl2N4O. The summed E-state index contributed by atoms with van der Waals surface area (Å²) in [5.41, 5.74) is 0. The number of nitrogens with zero attached hydrogens (tertiary/aromatic N) is 3. The molecule has 1 aromatic heterocycles. The molecule has 1 heterocycles. The topological polar surface area (TPSA) is 70.9 Å². The number of anilines is 1. The largest absolute Gasteiger partial charge is 0.391 e. The second-order valence-corrected chi connectivity index (χ2v) is 3.74. The number of rotatable bonds is 5. The quantitative estimate of drug-likeness (QED) is 0.834. The summed E-state index contributed by atoms with van der Waals surface area (Å²) < 4.78 is 0. The molecule has 1 atom stereocenters. The Bertz CT molecular complexity index is 324. The summed E-state index contributed by atoms with van der Waals surface area (Å²) in [6, 6.07) is 0. The lowest BCUT2D eigenvalue weighted by molar-refractivity contribution is 0.176. The van der Waals surface area contributed by atoms with E-state index < -0.39 is 6.10 Å². The molecule has 0 radical (unpaired) electrons. The molecule has 7 heteroatoms. The second kappa shape index (κ2) is 6.05. The second-order valence-electron chi connectivity index (χ2n) is 3.04. The SMILES string of the molecule is CCCC(O)CNc1nc(Cl)nnc1Cl. The predicted molar refractivity (Wildman–Crippen MR) is 59.3 cm³/mol. The van der Waals surface area contributed by atoms with Crippen molar-refractivity contribution in [2.24, 2.45) is 0 Å². The third-order valence-corrected chi connectivity index (χ3v) is 2.16. The number of aliphatic hydroxyl groups excluding tert-OH is 1. The molecule has 84 valence electrons. The Hall–Kier alpha value is -0.650. The number of aromatic nitrogens is 3. The summed E-state index contributed by atoms with van der Waals surface area (Å²) in [5, 5.41) is 19.5. The molecule has 2 N–H and O–H groups in total. The molecule has 0 saturated heterocycles. The molecule has 0 saturated carbocycles. The number of hydrogen-bond acceptors (Lipinski definition) is 5. The Kier molecular flexibility index (Phi) is 5.01. The zero-order valence-corrected chi connectivity index (χ0v) is 9.76. The first-order chi connectivity index (χ1) is 7.13. The fraction of sp³-hybridized carbons (Fsp3) is 0.625. The fourth-order valence-corrected chi connectivity index (χ4v) is 1.32. The first-order valence-corrected chi connectivity index (χ1v) is 5.36. The van der Waals surface area contributed by atoms with Crippen molar-refractivity contribution in [3.8, 4) is 0 Å². The molecule has 0 amide bonds. The zero-order chi connectivity index (χ0) is 11.3. The van der Waals surface area contributed by atoms with E-state index >= 15 is 0 Å². The molecule has 1 aromatic rings. The van der Waals surface area contributed by atoms with Crippen LogP contribution in [0.15, 0.2) is 0 Å². The van der Waals surface area contributed by atoms with Crippen LogP contribution >= 0.6 is 23.2 Å². The maximum Gasteiger partial charge on any atom is 0.245 e. The number of nitrogens with one attached hydrogen (secondary N) is 1.